The fourth-order valence-electron chi connectivity index (χ4n) is 1.91. The summed E-state index contributed by atoms with van der Waals surface area (Å²) in [5.41, 5.74) is 0.695. The Kier molecular flexibility index (Phi) is 7.01. The highest BCUT2D eigenvalue weighted by molar-refractivity contribution is 9.10. The molecule has 26 heavy (non-hydrogen) atoms. The van der Waals surface area contributed by atoms with Crippen LogP contribution in [0.5, 0.6) is 5.75 Å². The van der Waals surface area contributed by atoms with Crippen LogP contribution in [0.1, 0.15) is 12.5 Å². The summed E-state index contributed by atoms with van der Waals surface area (Å²) in [4.78, 5) is 23.9. The molecule has 8 heteroatoms. The molecule has 1 unspecified atom stereocenters. The predicted molar refractivity (Wildman–Crippen MR) is 100.0 cm³/mol. The first-order chi connectivity index (χ1) is 12.4. The highest BCUT2D eigenvalue weighted by Crippen LogP contribution is 2.20. The predicted octanol–water partition coefficient (Wildman–Crippen LogP) is 3.92. The zero-order chi connectivity index (χ0) is 19.1. The van der Waals surface area contributed by atoms with Gasteiger partial charge in [-0.05, 0) is 43.3 Å². The molecule has 2 aromatic carbocycles. The number of amides is 1. The van der Waals surface area contributed by atoms with E-state index in [1.165, 1.54) is 25.1 Å². The van der Waals surface area contributed by atoms with Gasteiger partial charge < -0.3 is 14.8 Å². The number of hydrogen-bond acceptors (Lipinski definition) is 5. The van der Waals surface area contributed by atoms with Crippen LogP contribution in [0.2, 0.25) is 5.02 Å². The fraction of sp³-hybridized carbons (Fsp3) is 0.167. The number of halogens is 2. The van der Waals surface area contributed by atoms with E-state index in [0.29, 0.717) is 17.0 Å². The van der Waals surface area contributed by atoms with Crippen LogP contribution < -0.4 is 10.1 Å². The second-order valence-electron chi connectivity index (χ2n) is 5.17. The minimum absolute atomic E-state index is 0.220. The zero-order valence-corrected chi connectivity index (χ0v) is 16.0. The maximum atomic E-state index is 12.1. The van der Waals surface area contributed by atoms with Crippen LogP contribution in [0.25, 0.3) is 0 Å². The van der Waals surface area contributed by atoms with Gasteiger partial charge in [0, 0.05) is 10.2 Å². The largest absolute Gasteiger partial charge is 0.482 e. The average Bonchev–Trinajstić information content (AvgIpc) is 2.60. The molecule has 0 heterocycles. The average molecular weight is 438 g/mol. The maximum absolute atomic E-state index is 12.1. The number of hydrogen-bond donors (Lipinski definition) is 1. The molecule has 2 aromatic rings. The van der Waals surface area contributed by atoms with Gasteiger partial charge in [-0.25, -0.2) is 4.79 Å². The Morgan fingerprint density at radius 1 is 1.31 bits per heavy atom. The fourth-order valence-corrected chi connectivity index (χ4v) is 2.51. The third-order valence-electron chi connectivity index (χ3n) is 3.19. The van der Waals surface area contributed by atoms with E-state index in [1.54, 1.807) is 18.2 Å². The van der Waals surface area contributed by atoms with Crippen molar-refractivity contribution in [1.82, 2.24) is 0 Å². The first-order valence-electron chi connectivity index (χ1n) is 7.47. The van der Waals surface area contributed by atoms with Gasteiger partial charge in [0.15, 0.2) is 12.7 Å². The van der Waals surface area contributed by atoms with Crippen LogP contribution in [0.4, 0.5) is 5.69 Å². The molecule has 0 spiro atoms. The second kappa shape index (κ2) is 9.22. The van der Waals surface area contributed by atoms with Gasteiger partial charge >= 0.3 is 5.97 Å². The number of ether oxygens (including phenoxy) is 2. The molecular weight excluding hydrogens is 424 g/mol. The van der Waals surface area contributed by atoms with Crippen molar-refractivity contribution < 1.29 is 19.1 Å². The van der Waals surface area contributed by atoms with Gasteiger partial charge in [-0.2, -0.15) is 5.26 Å². The van der Waals surface area contributed by atoms with E-state index in [2.05, 4.69) is 21.2 Å². The molecule has 134 valence electrons. The number of nitriles is 1. The van der Waals surface area contributed by atoms with E-state index in [4.69, 9.17) is 26.3 Å². The van der Waals surface area contributed by atoms with Crippen molar-refractivity contribution in [3.8, 4) is 11.8 Å². The first kappa shape index (κ1) is 19.8. The van der Waals surface area contributed by atoms with Gasteiger partial charge in [-0.1, -0.05) is 33.6 Å². The molecule has 1 amide bonds. The molecule has 0 aliphatic carbocycles. The molecular formula is C18H14BrClN2O4. The molecule has 1 atom stereocenters. The summed E-state index contributed by atoms with van der Waals surface area (Å²) >= 11 is 9.21. The van der Waals surface area contributed by atoms with Crippen LogP contribution in [0, 0.1) is 11.3 Å². The molecule has 0 saturated heterocycles. The summed E-state index contributed by atoms with van der Waals surface area (Å²) in [5.74, 6) is -0.701. The summed E-state index contributed by atoms with van der Waals surface area (Å²) in [6.07, 6.45) is -1.02. The number of nitrogens with zero attached hydrogens (tertiary/aromatic N) is 1. The number of carbonyl (C=O) groups is 2. The van der Waals surface area contributed by atoms with Crippen molar-refractivity contribution in [3.63, 3.8) is 0 Å². The number of rotatable bonds is 6. The highest BCUT2D eigenvalue weighted by atomic mass is 79.9. The molecule has 2 rings (SSSR count). The van der Waals surface area contributed by atoms with Crippen molar-refractivity contribution in [3.05, 3.63) is 57.5 Å². The smallest absolute Gasteiger partial charge is 0.344 e. The lowest BCUT2D eigenvalue weighted by atomic mass is 10.2. The first-order valence-corrected chi connectivity index (χ1v) is 8.64. The molecule has 6 nitrogen and oxygen atoms in total. The van der Waals surface area contributed by atoms with E-state index in [1.807, 2.05) is 12.1 Å². The van der Waals surface area contributed by atoms with Crippen LogP contribution in [0.15, 0.2) is 46.9 Å². The minimum Gasteiger partial charge on any atom is -0.482 e. The number of benzene rings is 2. The number of anilines is 1. The Labute approximate surface area is 163 Å². The number of carbonyl (C=O) groups excluding carboxylic acids is 2. The van der Waals surface area contributed by atoms with Crippen LogP contribution in [-0.4, -0.2) is 24.6 Å². The van der Waals surface area contributed by atoms with Gasteiger partial charge in [0.2, 0.25) is 0 Å². The Morgan fingerprint density at radius 3 is 2.73 bits per heavy atom. The number of esters is 1. The second-order valence-corrected chi connectivity index (χ2v) is 6.50. The summed E-state index contributed by atoms with van der Waals surface area (Å²) in [6, 6.07) is 13.4. The Hall–Kier alpha value is -2.56. The molecule has 0 radical (unpaired) electrons. The molecule has 0 saturated carbocycles. The van der Waals surface area contributed by atoms with E-state index in [0.717, 1.165) is 4.47 Å². The molecule has 0 bridgehead atoms. The van der Waals surface area contributed by atoms with Crippen molar-refractivity contribution in [1.29, 1.82) is 5.26 Å². The lowest BCUT2D eigenvalue weighted by Gasteiger charge is -2.14. The Balaban J connectivity index is 1.85. The minimum atomic E-state index is -1.02. The summed E-state index contributed by atoms with van der Waals surface area (Å²) in [6.45, 7) is 1.12. The van der Waals surface area contributed by atoms with Crippen molar-refractivity contribution in [2.45, 2.75) is 13.0 Å². The van der Waals surface area contributed by atoms with Gasteiger partial charge in [0.25, 0.3) is 5.91 Å². The topological polar surface area (TPSA) is 88.4 Å². The molecule has 1 N–H and O–H groups in total. The van der Waals surface area contributed by atoms with E-state index in [-0.39, 0.29) is 11.6 Å². The van der Waals surface area contributed by atoms with Crippen LogP contribution in [-0.2, 0) is 14.3 Å². The molecule has 0 aliphatic rings. The van der Waals surface area contributed by atoms with Crippen molar-refractivity contribution in [2.24, 2.45) is 0 Å². The summed E-state index contributed by atoms with van der Waals surface area (Å²) < 4.78 is 11.2. The summed E-state index contributed by atoms with van der Waals surface area (Å²) in [7, 11) is 0. The third-order valence-corrected chi connectivity index (χ3v) is 3.99. The highest BCUT2D eigenvalue weighted by Gasteiger charge is 2.18. The maximum Gasteiger partial charge on any atom is 0.344 e. The van der Waals surface area contributed by atoms with Crippen LogP contribution in [0.3, 0.4) is 0 Å². The molecule has 0 fully saturated rings. The van der Waals surface area contributed by atoms with Gasteiger partial charge in [0.05, 0.1) is 10.6 Å². The Morgan fingerprint density at radius 2 is 2.08 bits per heavy atom. The normalized spacial score (nSPS) is 11.2. The van der Waals surface area contributed by atoms with Crippen molar-refractivity contribution in [2.75, 3.05) is 11.9 Å². The standard InChI is InChI=1S/C18H14BrClN2O4/c1-11(18(24)22-14-6-5-12(9-21)16(20)8-14)26-17(23)10-25-15-4-2-3-13(19)7-15/h2-8,11H,10H2,1H3,(H,22,24). The lowest BCUT2D eigenvalue weighted by Crippen LogP contribution is -2.31. The SMILES string of the molecule is CC(OC(=O)COc1cccc(Br)c1)C(=O)Nc1ccc(C#N)c(Cl)c1. The monoisotopic (exact) mass is 436 g/mol. The summed E-state index contributed by atoms with van der Waals surface area (Å²) in [5, 5.41) is 11.6. The zero-order valence-electron chi connectivity index (χ0n) is 13.7. The Bertz CT molecular complexity index is 867. The number of nitrogens with one attached hydrogen (secondary N) is 1. The third kappa shape index (κ3) is 5.76. The van der Waals surface area contributed by atoms with Gasteiger partial charge in [0.1, 0.15) is 11.8 Å². The van der Waals surface area contributed by atoms with Gasteiger partial charge in [-0.15, -0.1) is 0 Å². The van der Waals surface area contributed by atoms with E-state index in [9.17, 15) is 9.59 Å². The molecule has 0 aromatic heterocycles. The van der Waals surface area contributed by atoms with Crippen molar-refractivity contribution >= 4 is 45.1 Å². The molecule has 0 aliphatic heterocycles. The lowest BCUT2D eigenvalue weighted by molar-refractivity contribution is -0.155. The quantitative estimate of drug-likeness (QED) is 0.692. The van der Waals surface area contributed by atoms with E-state index < -0.39 is 18.0 Å². The van der Waals surface area contributed by atoms with Crippen LogP contribution >= 0.6 is 27.5 Å². The van der Waals surface area contributed by atoms with Gasteiger partial charge in [-0.3, -0.25) is 4.79 Å². The van der Waals surface area contributed by atoms with E-state index >= 15 is 0 Å².